The Bertz CT molecular complexity index is 974. The average molecular weight is 364 g/mol. The molecule has 0 bridgehead atoms. The molecule has 4 heterocycles. The second-order valence-electron chi connectivity index (χ2n) is 7.24. The number of aromatic nitrogens is 2. The summed E-state index contributed by atoms with van der Waals surface area (Å²) < 4.78 is 13.3. The van der Waals surface area contributed by atoms with Gasteiger partial charge in [-0.15, -0.1) is 0 Å². The summed E-state index contributed by atoms with van der Waals surface area (Å²) in [5.74, 6) is 1.60. The summed E-state index contributed by atoms with van der Waals surface area (Å²) in [6.45, 7) is 7.58. The molecule has 0 saturated carbocycles. The van der Waals surface area contributed by atoms with Crippen molar-refractivity contribution in [3.05, 3.63) is 47.8 Å². The lowest BCUT2D eigenvalue weighted by Crippen LogP contribution is -2.28. The maximum atomic E-state index is 5.59. The molecule has 6 nitrogen and oxygen atoms in total. The van der Waals surface area contributed by atoms with Gasteiger partial charge < -0.3 is 19.2 Å². The van der Waals surface area contributed by atoms with E-state index in [1.54, 1.807) is 0 Å². The Morgan fingerprint density at radius 2 is 2.04 bits per heavy atom. The third-order valence-electron chi connectivity index (χ3n) is 5.40. The molecule has 140 valence electrons. The summed E-state index contributed by atoms with van der Waals surface area (Å²) in [6.07, 6.45) is 3.30. The van der Waals surface area contributed by atoms with Gasteiger partial charge in [-0.1, -0.05) is 6.07 Å². The summed E-state index contributed by atoms with van der Waals surface area (Å²) in [7, 11) is 0. The van der Waals surface area contributed by atoms with Gasteiger partial charge in [-0.2, -0.15) is 0 Å². The molecule has 0 radical (unpaired) electrons. The summed E-state index contributed by atoms with van der Waals surface area (Å²) in [5.41, 5.74) is 5.54. The number of ether oxygens (including phenoxy) is 2. The van der Waals surface area contributed by atoms with Crippen LogP contribution in [0.4, 0.5) is 0 Å². The van der Waals surface area contributed by atoms with E-state index in [2.05, 4.69) is 45.9 Å². The number of pyridine rings is 1. The van der Waals surface area contributed by atoms with Crippen molar-refractivity contribution in [2.45, 2.75) is 19.9 Å². The fourth-order valence-corrected chi connectivity index (χ4v) is 3.95. The zero-order chi connectivity index (χ0) is 18.2. The average Bonchev–Trinajstić information content (AvgIpc) is 3.20. The topological polar surface area (TPSA) is 51.0 Å². The molecule has 1 saturated heterocycles. The number of benzene rings is 1. The quantitative estimate of drug-likeness (QED) is 0.775. The minimum Gasteiger partial charge on any atom is -0.454 e. The van der Waals surface area contributed by atoms with Gasteiger partial charge in [0.25, 0.3) is 0 Å². The molecule has 1 fully saturated rings. The number of fused-ring (bicyclic) bond motifs is 2. The van der Waals surface area contributed by atoms with Crippen molar-refractivity contribution >= 4 is 5.65 Å². The Morgan fingerprint density at radius 3 is 3.00 bits per heavy atom. The molecule has 3 aromatic rings. The van der Waals surface area contributed by atoms with E-state index in [1.807, 2.05) is 12.1 Å². The number of hydrogen-bond acceptors (Lipinski definition) is 5. The highest BCUT2D eigenvalue weighted by molar-refractivity contribution is 5.70. The Morgan fingerprint density at radius 1 is 1.11 bits per heavy atom. The van der Waals surface area contributed by atoms with Crippen LogP contribution in [0.5, 0.6) is 11.5 Å². The summed E-state index contributed by atoms with van der Waals surface area (Å²) in [6, 6.07) is 10.3. The Labute approximate surface area is 158 Å². The fraction of sp³-hybridized carbons (Fsp3) is 0.381. The lowest BCUT2D eigenvalue weighted by Gasteiger charge is -2.20. The Hall–Kier alpha value is -2.57. The van der Waals surface area contributed by atoms with Crippen LogP contribution in [0.15, 0.2) is 36.5 Å². The van der Waals surface area contributed by atoms with Gasteiger partial charge in [0.15, 0.2) is 11.5 Å². The van der Waals surface area contributed by atoms with Crippen LogP contribution in [0, 0.1) is 6.92 Å². The van der Waals surface area contributed by atoms with Crippen molar-refractivity contribution in [3.8, 4) is 22.8 Å². The number of rotatable bonds is 3. The lowest BCUT2D eigenvalue weighted by atomic mass is 10.1. The third kappa shape index (κ3) is 3.05. The van der Waals surface area contributed by atoms with Crippen molar-refractivity contribution in [3.63, 3.8) is 0 Å². The van der Waals surface area contributed by atoms with Gasteiger partial charge >= 0.3 is 0 Å². The first-order chi connectivity index (χ1) is 13.3. The monoisotopic (exact) mass is 364 g/mol. The molecular weight excluding hydrogens is 340 g/mol. The van der Waals surface area contributed by atoms with Crippen molar-refractivity contribution in [2.75, 3.05) is 33.0 Å². The third-order valence-corrected chi connectivity index (χ3v) is 5.40. The molecule has 0 spiro atoms. The van der Waals surface area contributed by atoms with Gasteiger partial charge in [0.1, 0.15) is 5.65 Å². The standard InChI is InChI=1S/C21H24N4O2/c1-15-4-2-10-25-17(13-24-9-3-7-22-8-11-24)20(23-21(15)25)16-5-6-18-19(12-16)27-14-26-18/h2,4-6,10,12,22H,3,7-9,11,13-14H2,1H3. The largest absolute Gasteiger partial charge is 0.454 e. The highest BCUT2D eigenvalue weighted by Crippen LogP contribution is 2.37. The van der Waals surface area contributed by atoms with Crippen LogP contribution in [0.25, 0.3) is 16.9 Å². The van der Waals surface area contributed by atoms with E-state index in [1.165, 1.54) is 17.7 Å². The normalized spacial score (nSPS) is 17.4. The molecule has 0 atom stereocenters. The van der Waals surface area contributed by atoms with Crippen molar-refractivity contribution in [2.24, 2.45) is 0 Å². The van der Waals surface area contributed by atoms with Gasteiger partial charge in [-0.3, -0.25) is 4.90 Å². The lowest BCUT2D eigenvalue weighted by molar-refractivity contribution is 0.174. The minimum atomic E-state index is 0.288. The van der Waals surface area contributed by atoms with Crippen LogP contribution in [0.2, 0.25) is 0 Å². The van der Waals surface area contributed by atoms with Crippen molar-refractivity contribution in [1.29, 1.82) is 0 Å². The van der Waals surface area contributed by atoms with E-state index in [0.717, 1.165) is 61.1 Å². The number of hydrogen-bond donors (Lipinski definition) is 1. The SMILES string of the molecule is Cc1cccn2c(CN3CCCNCC3)c(-c3ccc4c(c3)OCO4)nc12. The maximum absolute atomic E-state index is 5.59. The number of imidazole rings is 1. The molecule has 1 N–H and O–H groups in total. The first kappa shape index (κ1) is 16.6. The van der Waals surface area contributed by atoms with Gasteiger partial charge in [0, 0.05) is 31.4 Å². The maximum Gasteiger partial charge on any atom is 0.231 e. The van der Waals surface area contributed by atoms with E-state index in [0.29, 0.717) is 0 Å². The van der Waals surface area contributed by atoms with E-state index in [4.69, 9.17) is 14.5 Å². The molecule has 27 heavy (non-hydrogen) atoms. The van der Waals surface area contributed by atoms with Gasteiger partial charge in [-0.25, -0.2) is 4.98 Å². The van der Waals surface area contributed by atoms with E-state index in [-0.39, 0.29) is 6.79 Å². The van der Waals surface area contributed by atoms with E-state index < -0.39 is 0 Å². The Balaban J connectivity index is 1.61. The van der Waals surface area contributed by atoms with Crippen LogP contribution < -0.4 is 14.8 Å². The molecule has 0 amide bonds. The van der Waals surface area contributed by atoms with Crippen molar-refractivity contribution in [1.82, 2.24) is 19.6 Å². The second kappa shape index (κ2) is 6.87. The molecule has 2 aliphatic heterocycles. The molecule has 0 unspecified atom stereocenters. The van der Waals surface area contributed by atoms with Crippen LogP contribution in [-0.2, 0) is 6.54 Å². The van der Waals surface area contributed by atoms with E-state index in [9.17, 15) is 0 Å². The highest BCUT2D eigenvalue weighted by atomic mass is 16.7. The molecule has 0 aliphatic carbocycles. The summed E-state index contributed by atoms with van der Waals surface area (Å²) in [5, 5.41) is 3.48. The van der Waals surface area contributed by atoms with Crippen LogP contribution >= 0.6 is 0 Å². The zero-order valence-corrected chi connectivity index (χ0v) is 15.6. The van der Waals surface area contributed by atoms with Crippen LogP contribution in [0.1, 0.15) is 17.7 Å². The number of nitrogens with one attached hydrogen (secondary N) is 1. The smallest absolute Gasteiger partial charge is 0.231 e. The molecule has 5 rings (SSSR count). The molecule has 6 heteroatoms. The Kier molecular flexibility index (Phi) is 4.22. The predicted octanol–water partition coefficient (Wildman–Crippen LogP) is 2.83. The number of aryl methyl sites for hydroxylation is 1. The number of nitrogens with zero attached hydrogens (tertiary/aromatic N) is 3. The van der Waals surface area contributed by atoms with Crippen LogP contribution in [0.3, 0.4) is 0 Å². The first-order valence-corrected chi connectivity index (χ1v) is 9.59. The predicted molar refractivity (Wildman–Crippen MR) is 104 cm³/mol. The first-order valence-electron chi connectivity index (χ1n) is 9.59. The molecular formula is C21H24N4O2. The van der Waals surface area contributed by atoms with Crippen LogP contribution in [-0.4, -0.2) is 47.3 Å². The van der Waals surface area contributed by atoms with Gasteiger partial charge in [0.05, 0.1) is 11.4 Å². The van der Waals surface area contributed by atoms with E-state index >= 15 is 0 Å². The zero-order valence-electron chi connectivity index (χ0n) is 15.6. The minimum absolute atomic E-state index is 0.288. The summed E-state index contributed by atoms with van der Waals surface area (Å²) >= 11 is 0. The second-order valence-corrected chi connectivity index (χ2v) is 7.24. The summed E-state index contributed by atoms with van der Waals surface area (Å²) in [4.78, 5) is 7.54. The van der Waals surface area contributed by atoms with Gasteiger partial charge in [-0.05, 0) is 56.3 Å². The molecule has 2 aliphatic rings. The van der Waals surface area contributed by atoms with Gasteiger partial charge in [0.2, 0.25) is 6.79 Å². The van der Waals surface area contributed by atoms with Crippen molar-refractivity contribution < 1.29 is 9.47 Å². The molecule has 1 aromatic carbocycles. The fourth-order valence-electron chi connectivity index (χ4n) is 3.95. The molecule has 2 aromatic heterocycles. The highest BCUT2D eigenvalue weighted by Gasteiger charge is 2.21.